The number of rotatable bonds is 2. The monoisotopic (exact) mass is 172 g/mol. The van der Waals surface area contributed by atoms with Gasteiger partial charge in [0.05, 0.1) is 12.7 Å². The fraction of sp³-hybridized carbons (Fsp3) is 1.00. The summed E-state index contributed by atoms with van der Waals surface area (Å²) in [6.07, 6.45) is 3.31. The highest BCUT2D eigenvalue weighted by Gasteiger charge is 2.43. The highest BCUT2D eigenvalue weighted by Crippen LogP contribution is 2.40. The van der Waals surface area contributed by atoms with Gasteiger partial charge in [-0.3, -0.25) is 0 Å². The van der Waals surface area contributed by atoms with E-state index in [2.05, 4.69) is 0 Å². The van der Waals surface area contributed by atoms with Crippen LogP contribution in [0.25, 0.3) is 0 Å². The van der Waals surface area contributed by atoms with E-state index in [9.17, 15) is 5.11 Å². The molecule has 0 aliphatic carbocycles. The number of hydrogen-bond acceptors (Lipinski definition) is 3. The summed E-state index contributed by atoms with van der Waals surface area (Å²) in [6, 6.07) is 0. The molecule has 1 atom stereocenters. The van der Waals surface area contributed by atoms with Crippen LogP contribution in [0.4, 0.5) is 0 Å². The maximum absolute atomic E-state index is 9.34. The molecule has 2 fully saturated rings. The summed E-state index contributed by atoms with van der Waals surface area (Å²) in [7, 11) is 0. The van der Waals surface area contributed by atoms with E-state index in [-0.39, 0.29) is 12.0 Å². The van der Waals surface area contributed by atoms with Gasteiger partial charge in [0.15, 0.2) is 0 Å². The lowest BCUT2D eigenvalue weighted by Gasteiger charge is -2.46. The highest BCUT2D eigenvalue weighted by atomic mass is 16.5. The van der Waals surface area contributed by atoms with Crippen molar-refractivity contribution >= 4 is 0 Å². The van der Waals surface area contributed by atoms with Crippen LogP contribution in [0, 0.1) is 5.41 Å². The van der Waals surface area contributed by atoms with Gasteiger partial charge in [0.1, 0.15) is 0 Å². The Morgan fingerprint density at radius 2 is 1.92 bits per heavy atom. The number of hydrogen-bond donors (Lipinski definition) is 1. The predicted molar refractivity (Wildman–Crippen MR) is 43.9 cm³/mol. The van der Waals surface area contributed by atoms with Gasteiger partial charge in [-0.1, -0.05) is 0 Å². The summed E-state index contributed by atoms with van der Waals surface area (Å²) in [4.78, 5) is 0. The molecule has 2 aliphatic heterocycles. The molecule has 2 aliphatic rings. The van der Waals surface area contributed by atoms with E-state index in [4.69, 9.17) is 9.47 Å². The third-order valence-electron chi connectivity index (χ3n) is 3.19. The van der Waals surface area contributed by atoms with Crippen LogP contribution in [-0.4, -0.2) is 37.6 Å². The molecule has 70 valence electrons. The van der Waals surface area contributed by atoms with Gasteiger partial charge in [0.25, 0.3) is 0 Å². The van der Waals surface area contributed by atoms with E-state index in [0.29, 0.717) is 6.10 Å². The van der Waals surface area contributed by atoms with Gasteiger partial charge in [-0.25, -0.2) is 0 Å². The van der Waals surface area contributed by atoms with Crippen LogP contribution in [0.5, 0.6) is 0 Å². The lowest BCUT2D eigenvalue weighted by Crippen LogP contribution is -2.49. The van der Waals surface area contributed by atoms with E-state index in [0.717, 1.165) is 39.1 Å². The van der Waals surface area contributed by atoms with E-state index >= 15 is 0 Å². The van der Waals surface area contributed by atoms with Gasteiger partial charge < -0.3 is 14.6 Å². The first-order chi connectivity index (χ1) is 5.87. The maximum atomic E-state index is 9.34. The number of ether oxygens (including phenoxy) is 2. The standard InChI is InChI=1S/C9H16O3/c10-7-9(8-1-4-12-8)2-5-11-6-3-9/h8,10H,1-7H2. The molecule has 2 heterocycles. The molecule has 2 saturated heterocycles. The Morgan fingerprint density at radius 1 is 1.25 bits per heavy atom. The molecule has 2 rings (SSSR count). The molecule has 0 spiro atoms. The average Bonchev–Trinajstić information content (AvgIpc) is 2.03. The van der Waals surface area contributed by atoms with Crippen LogP contribution in [-0.2, 0) is 9.47 Å². The predicted octanol–water partition coefficient (Wildman–Crippen LogP) is 0.564. The lowest BCUT2D eigenvalue weighted by atomic mass is 9.73. The van der Waals surface area contributed by atoms with Gasteiger partial charge in [-0.2, -0.15) is 0 Å². The fourth-order valence-electron chi connectivity index (χ4n) is 2.08. The Labute approximate surface area is 72.7 Å². The summed E-state index contributed by atoms with van der Waals surface area (Å²) >= 11 is 0. The molecule has 3 heteroatoms. The molecule has 0 aromatic heterocycles. The topological polar surface area (TPSA) is 38.7 Å². The quantitative estimate of drug-likeness (QED) is 0.661. The maximum Gasteiger partial charge on any atom is 0.0676 e. The van der Waals surface area contributed by atoms with Gasteiger partial charge >= 0.3 is 0 Å². The zero-order valence-electron chi connectivity index (χ0n) is 7.29. The summed E-state index contributed by atoms with van der Waals surface area (Å²) < 4.78 is 10.7. The van der Waals surface area contributed by atoms with Gasteiger partial charge in [0.2, 0.25) is 0 Å². The van der Waals surface area contributed by atoms with Crippen molar-refractivity contribution in [1.29, 1.82) is 0 Å². The van der Waals surface area contributed by atoms with E-state index in [1.807, 2.05) is 0 Å². The average molecular weight is 172 g/mol. The molecule has 1 unspecified atom stereocenters. The second kappa shape index (κ2) is 3.32. The third kappa shape index (κ3) is 1.26. The molecule has 0 amide bonds. The first kappa shape index (κ1) is 8.48. The first-order valence-electron chi connectivity index (χ1n) is 4.68. The minimum absolute atomic E-state index is 0.0243. The van der Waals surface area contributed by atoms with Crippen LogP contribution in [0.3, 0.4) is 0 Å². The van der Waals surface area contributed by atoms with Crippen molar-refractivity contribution in [2.45, 2.75) is 25.4 Å². The largest absolute Gasteiger partial charge is 0.396 e. The van der Waals surface area contributed by atoms with Gasteiger partial charge in [0, 0.05) is 25.2 Å². The van der Waals surface area contributed by atoms with E-state index < -0.39 is 0 Å². The summed E-state index contributed by atoms with van der Waals surface area (Å²) in [5.74, 6) is 0. The van der Waals surface area contributed by atoms with Crippen LogP contribution >= 0.6 is 0 Å². The van der Waals surface area contributed by atoms with E-state index in [1.165, 1.54) is 0 Å². The number of aliphatic hydroxyl groups is 1. The first-order valence-corrected chi connectivity index (χ1v) is 4.68. The Morgan fingerprint density at radius 3 is 2.33 bits per heavy atom. The Kier molecular flexibility index (Phi) is 2.35. The molecule has 1 N–H and O–H groups in total. The van der Waals surface area contributed by atoms with Crippen LogP contribution in [0.15, 0.2) is 0 Å². The van der Waals surface area contributed by atoms with Crippen molar-refractivity contribution in [3.8, 4) is 0 Å². The molecule has 0 aromatic rings. The van der Waals surface area contributed by atoms with Crippen LogP contribution in [0.2, 0.25) is 0 Å². The highest BCUT2D eigenvalue weighted by molar-refractivity contribution is 4.92. The zero-order valence-corrected chi connectivity index (χ0v) is 7.29. The van der Waals surface area contributed by atoms with Gasteiger partial charge in [-0.05, 0) is 19.3 Å². The smallest absolute Gasteiger partial charge is 0.0676 e. The minimum atomic E-state index is 0.0243. The lowest BCUT2D eigenvalue weighted by molar-refractivity contribution is -0.171. The zero-order chi connectivity index (χ0) is 8.44. The SMILES string of the molecule is OCC1(C2CCO2)CCOCC1. The van der Waals surface area contributed by atoms with Crippen molar-refractivity contribution in [3.05, 3.63) is 0 Å². The Bertz CT molecular complexity index is 148. The van der Waals surface area contributed by atoms with Crippen molar-refractivity contribution in [3.63, 3.8) is 0 Å². The molecule has 12 heavy (non-hydrogen) atoms. The van der Waals surface area contributed by atoms with Crippen molar-refractivity contribution < 1.29 is 14.6 Å². The van der Waals surface area contributed by atoms with Crippen molar-refractivity contribution in [1.82, 2.24) is 0 Å². The molecule has 3 nitrogen and oxygen atoms in total. The minimum Gasteiger partial charge on any atom is -0.396 e. The second-order valence-electron chi connectivity index (χ2n) is 3.78. The molecule has 0 bridgehead atoms. The molecular formula is C9H16O3. The summed E-state index contributed by atoms with van der Waals surface area (Å²) in [5.41, 5.74) is 0.0243. The Hall–Kier alpha value is -0.120. The molecule has 0 saturated carbocycles. The molecular weight excluding hydrogens is 156 g/mol. The molecule has 0 radical (unpaired) electrons. The van der Waals surface area contributed by atoms with Crippen molar-refractivity contribution in [2.75, 3.05) is 26.4 Å². The summed E-state index contributed by atoms with van der Waals surface area (Å²) in [6.45, 7) is 2.68. The Balaban J connectivity index is 2.00. The molecule has 0 aromatic carbocycles. The number of aliphatic hydroxyl groups excluding tert-OH is 1. The third-order valence-corrected chi connectivity index (χ3v) is 3.19. The van der Waals surface area contributed by atoms with Gasteiger partial charge in [-0.15, -0.1) is 0 Å². The van der Waals surface area contributed by atoms with Crippen LogP contribution in [0.1, 0.15) is 19.3 Å². The second-order valence-corrected chi connectivity index (χ2v) is 3.78. The fourth-order valence-corrected chi connectivity index (χ4v) is 2.08. The van der Waals surface area contributed by atoms with Crippen LogP contribution < -0.4 is 0 Å². The normalized spacial score (nSPS) is 34.2. The van der Waals surface area contributed by atoms with E-state index in [1.54, 1.807) is 0 Å². The summed E-state index contributed by atoms with van der Waals surface area (Å²) in [5, 5.41) is 9.34. The van der Waals surface area contributed by atoms with Crippen molar-refractivity contribution in [2.24, 2.45) is 5.41 Å².